The van der Waals surface area contributed by atoms with Gasteiger partial charge in [-0.2, -0.15) is 0 Å². The van der Waals surface area contributed by atoms with Gasteiger partial charge < -0.3 is 4.90 Å². The van der Waals surface area contributed by atoms with E-state index >= 15 is 0 Å². The molecule has 1 aliphatic heterocycles. The van der Waals surface area contributed by atoms with E-state index in [2.05, 4.69) is 0 Å². The van der Waals surface area contributed by atoms with Crippen LogP contribution in [0.2, 0.25) is 5.02 Å². The Morgan fingerprint density at radius 3 is 2.76 bits per heavy atom. The maximum atomic E-state index is 11.9. The van der Waals surface area contributed by atoms with Crippen LogP contribution in [0.1, 0.15) is 36.0 Å². The van der Waals surface area contributed by atoms with Gasteiger partial charge in [0.2, 0.25) is 5.91 Å². The van der Waals surface area contributed by atoms with Crippen LogP contribution >= 0.6 is 11.6 Å². The number of anilines is 1. The monoisotopic (exact) mass is 251 g/mol. The topological polar surface area (TPSA) is 37.4 Å². The summed E-state index contributed by atoms with van der Waals surface area (Å²) in [6.45, 7) is 0.732. The molecular formula is C13H14ClNO2. The van der Waals surface area contributed by atoms with Crippen LogP contribution in [-0.4, -0.2) is 18.7 Å². The Kier molecular flexibility index (Phi) is 3.79. The standard InChI is InChI=1S/C13H14ClNO2/c14-12-8-11(6-5-10(12)9-16)15-7-3-1-2-4-13(15)17/h5-6,8-9H,1-4,7H2. The molecular weight excluding hydrogens is 238 g/mol. The minimum Gasteiger partial charge on any atom is -0.312 e. The molecule has 1 saturated heterocycles. The van der Waals surface area contributed by atoms with Gasteiger partial charge >= 0.3 is 0 Å². The van der Waals surface area contributed by atoms with Crippen LogP contribution in [0.3, 0.4) is 0 Å². The van der Waals surface area contributed by atoms with Crippen LogP contribution < -0.4 is 4.90 Å². The molecule has 2 rings (SSSR count). The smallest absolute Gasteiger partial charge is 0.226 e. The van der Waals surface area contributed by atoms with Crippen molar-refractivity contribution in [3.8, 4) is 0 Å². The van der Waals surface area contributed by atoms with Crippen LogP contribution in [0.25, 0.3) is 0 Å². The largest absolute Gasteiger partial charge is 0.312 e. The quantitative estimate of drug-likeness (QED) is 0.758. The fourth-order valence-corrected chi connectivity index (χ4v) is 2.25. The Morgan fingerprint density at radius 2 is 2.06 bits per heavy atom. The van der Waals surface area contributed by atoms with E-state index in [1.165, 1.54) is 0 Å². The van der Waals surface area contributed by atoms with Crippen molar-refractivity contribution in [3.05, 3.63) is 28.8 Å². The number of aldehydes is 1. The molecule has 1 amide bonds. The molecule has 0 aromatic heterocycles. The first-order valence-electron chi connectivity index (χ1n) is 5.77. The van der Waals surface area contributed by atoms with E-state index in [1.807, 2.05) is 0 Å². The molecule has 4 heteroatoms. The number of hydrogen-bond donors (Lipinski definition) is 0. The van der Waals surface area contributed by atoms with E-state index in [1.54, 1.807) is 23.1 Å². The summed E-state index contributed by atoms with van der Waals surface area (Å²) in [6.07, 6.45) is 4.36. The first-order chi connectivity index (χ1) is 8.22. The molecule has 17 heavy (non-hydrogen) atoms. The summed E-state index contributed by atoms with van der Waals surface area (Å²) >= 11 is 5.97. The lowest BCUT2D eigenvalue weighted by molar-refractivity contribution is -0.118. The highest BCUT2D eigenvalue weighted by atomic mass is 35.5. The number of hydrogen-bond acceptors (Lipinski definition) is 2. The van der Waals surface area contributed by atoms with Crippen LogP contribution in [0.15, 0.2) is 18.2 Å². The summed E-state index contributed by atoms with van der Waals surface area (Å²) in [5.41, 5.74) is 1.24. The zero-order chi connectivity index (χ0) is 12.3. The van der Waals surface area contributed by atoms with Crippen molar-refractivity contribution >= 4 is 29.5 Å². The van der Waals surface area contributed by atoms with Gasteiger partial charge in [-0.15, -0.1) is 0 Å². The van der Waals surface area contributed by atoms with Gasteiger partial charge in [0.05, 0.1) is 5.02 Å². The minimum atomic E-state index is 0.136. The number of benzene rings is 1. The highest BCUT2D eigenvalue weighted by Gasteiger charge is 2.18. The summed E-state index contributed by atoms with van der Waals surface area (Å²) in [7, 11) is 0. The zero-order valence-corrected chi connectivity index (χ0v) is 10.2. The third-order valence-electron chi connectivity index (χ3n) is 3.00. The number of rotatable bonds is 2. The lowest BCUT2D eigenvalue weighted by Crippen LogP contribution is -2.29. The zero-order valence-electron chi connectivity index (χ0n) is 9.49. The summed E-state index contributed by atoms with van der Waals surface area (Å²) in [4.78, 5) is 24.3. The molecule has 1 aromatic rings. The second-order valence-corrected chi connectivity index (χ2v) is 4.59. The Hall–Kier alpha value is -1.35. The van der Waals surface area contributed by atoms with Crippen LogP contribution in [0, 0.1) is 0 Å². The molecule has 0 N–H and O–H groups in total. The van der Waals surface area contributed by atoms with Crippen molar-refractivity contribution in [3.63, 3.8) is 0 Å². The Labute approximate surface area is 105 Å². The first-order valence-corrected chi connectivity index (χ1v) is 6.15. The van der Waals surface area contributed by atoms with Gasteiger partial charge in [-0.05, 0) is 31.0 Å². The molecule has 1 aliphatic rings. The van der Waals surface area contributed by atoms with Crippen molar-refractivity contribution in [2.45, 2.75) is 25.7 Å². The van der Waals surface area contributed by atoms with E-state index < -0.39 is 0 Å². The molecule has 1 heterocycles. The molecule has 1 fully saturated rings. The normalized spacial score (nSPS) is 16.8. The minimum absolute atomic E-state index is 0.136. The number of halogens is 1. The molecule has 90 valence electrons. The van der Waals surface area contributed by atoms with Crippen molar-refractivity contribution in [2.75, 3.05) is 11.4 Å². The molecule has 1 aromatic carbocycles. The number of nitrogens with zero attached hydrogens (tertiary/aromatic N) is 1. The van der Waals surface area contributed by atoms with E-state index in [0.717, 1.165) is 37.8 Å². The van der Waals surface area contributed by atoms with Gasteiger partial charge in [-0.25, -0.2) is 0 Å². The fraction of sp³-hybridized carbons (Fsp3) is 0.385. The number of carbonyl (C=O) groups is 2. The fourth-order valence-electron chi connectivity index (χ4n) is 2.04. The lowest BCUT2D eigenvalue weighted by atomic mass is 10.2. The van der Waals surface area contributed by atoms with Crippen LogP contribution in [0.5, 0.6) is 0 Å². The molecule has 0 radical (unpaired) electrons. The maximum absolute atomic E-state index is 11.9. The molecule has 3 nitrogen and oxygen atoms in total. The van der Waals surface area contributed by atoms with Gasteiger partial charge in [0.1, 0.15) is 0 Å². The van der Waals surface area contributed by atoms with Gasteiger partial charge in [-0.1, -0.05) is 18.0 Å². The predicted molar refractivity (Wildman–Crippen MR) is 67.7 cm³/mol. The van der Waals surface area contributed by atoms with Crippen molar-refractivity contribution in [2.24, 2.45) is 0 Å². The summed E-state index contributed by atoms with van der Waals surface area (Å²) in [5, 5.41) is 0.398. The summed E-state index contributed by atoms with van der Waals surface area (Å²) in [6, 6.07) is 5.12. The first kappa shape index (κ1) is 12.1. The summed E-state index contributed by atoms with van der Waals surface area (Å²) < 4.78 is 0. The molecule has 0 unspecified atom stereocenters. The molecule has 0 atom stereocenters. The van der Waals surface area contributed by atoms with E-state index in [-0.39, 0.29) is 5.91 Å². The number of amides is 1. The van der Waals surface area contributed by atoms with Crippen molar-refractivity contribution in [1.82, 2.24) is 0 Å². The van der Waals surface area contributed by atoms with Gasteiger partial charge in [0.25, 0.3) is 0 Å². The average molecular weight is 252 g/mol. The second-order valence-electron chi connectivity index (χ2n) is 4.18. The average Bonchev–Trinajstić information content (AvgIpc) is 2.54. The lowest BCUT2D eigenvalue weighted by Gasteiger charge is -2.21. The SMILES string of the molecule is O=Cc1ccc(N2CCCCCC2=O)cc1Cl. The number of carbonyl (C=O) groups excluding carboxylic acids is 2. The highest BCUT2D eigenvalue weighted by Crippen LogP contribution is 2.25. The molecule has 0 aliphatic carbocycles. The second kappa shape index (κ2) is 5.32. The molecule has 0 bridgehead atoms. The van der Waals surface area contributed by atoms with Gasteiger partial charge in [-0.3, -0.25) is 9.59 Å². The highest BCUT2D eigenvalue weighted by molar-refractivity contribution is 6.33. The Morgan fingerprint density at radius 1 is 1.24 bits per heavy atom. The molecule has 0 spiro atoms. The molecule has 0 saturated carbocycles. The van der Waals surface area contributed by atoms with E-state index in [0.29, 0.717) is 17.0 Å². The Bertz CT molecular complexity index is 445. The van der Waals surface area contributed by atoms with E-state index in [4.69, 9.17) is 11.6 Å². The predicted octanol–water partition coefficient (Wildman–Crippen LogP) is 3.06. The third-order valence-corrected chi connectivity index (χ3v) is 3.32. The van der Waals surface area contributed by atoms with Gasteiger partial charge in [0, 0.05) is 24.2 Å². The van der Waals surface area contributed by atoms with Gasteiger partial charge in [0.15, 0.2) is 6.29 Å². The van der Waals surface area contributed by atoms with Crippen LogP contribution in [-0.2, 0) is 4.79 Å². The van der Waals surface area contributed by atoms with Crippen molar-refractivity contribution < 1.29 is 9.59 Å². The maximum Gasteiger partial charge on any atom is 0.226 e. The van der Waals surface area contributed by atoms with Crippen LogP contribution in [0.4, 0.5) is 5.69 Å². The van der Waals surface area contributed by atoms with Crippen molar-refractivity contribution in [1.29, 1.82) is 0 Å². The Balaban J connectivity index is 2.28. The third kappa shape index (κ3) is 2.67. The summed E-state index contributed by atoms with van der Waals surface area (Å²) in [5.74, 6) is 0.136. The van der Waals surface area contributed by atoms with E-state index in [9.17, 15) is 9.59 Å².